The molecule has 18 heavy (non-hydrogen) atoms. The molecule has 0 bridgehead atoms. The van der Waals surface area contributed by atoms with Crippen LogP contribution in [0.25, 0.3) is 0 Å². The van der Waals surface area contributed by atoms with Gasteiger partial charge in [-0.25, -0.2) is 4.98 Å². The molecule has 102 valence electrons. The molecule has 0 radical (unpaired) electrons. The van der Waals surface area contributed by atoms with Gasteiger partial charge in [-0.05, 0) is 37.5 Å². The Hall–Kier alpha value is -0.830. The number of nitrogens with one attached hydrogen (secondary N) is 1. The molecule has 1 aliphatic rings. The lowest BCUT2D eigenvalue weighted by Gasteiger charge is -2.40. The van der Waals surface area contributed by atoms with Crippen molar-refractivity contribution in [1.29, 1.82) is 0 Å². The number of nitrogens with zero attached hydrogens (tertiary/aromatic N) is 2. The Morgan fingerprint density at radius 3 is 2.83 bits per heavy atom. The third-order valence-corrected chi connectivity index (χ3v) is 3.95. The first-order valence-electron chi connectivity index (χ1n) is 7.16. The van der Waals surface area contributed by atoms with Crippen LogP contribution >= 0.6 is 0 Å². The van der Waals surface area contributed by atoms with Crippen LogP contribution in [-0.4, -0.2) is 21.6 Å². The molecule has 3 heteroatoms. The van der Waals surface area contributed by atoms with Crippen LogP contribution in [0, 0.1) is 11.3 Å². The summed E-state index contributed by atoms with van der Waals surface area (Å²) >= 11 is 0. The molecule has 1 aromatic rings. The maximum atomic E-state index is 4.09. The minimum atomic E-state index is 0.490. The van der Waals surface area contributed by atoms with Gasteiger partial charge in [0.1, 0.15) is 0 Å². The van der Waals surface area contributed by atoms with Crippen LogP contribution in [0.2, 0.25) is 0 Å². The highest BCUT2D eigenvalue weighted by molar-refractivity contribution is 4.88. The fraction of sp³-hybridized carbons (Fsp3) is 0.800. The van der Waals surface area contributed by atoms with Gasteiger partial charge in [0.05, 0.1) is 6.33 Å². The van der Waals surface area contributed by atoms with Gasteiger partial charge in [-0.1, -0.05) is 20.8 Å². The van der Waals surface area contributed by atoms with Crippen molar-refractivity contribution >= 4 is 0 Å². The number of hydrogen-bond acceptors (Lipinski definition) is 2. The quantitative estimate of drug-likeness (QED) is 0.888. The van der Waals surface area contributed by atoms with Gasteiger partial charge >= 0.3 is 0 Å². The van der Waals surface area contributed by atoms with Gasteiger partial charge in [0, 0.05) is 31.0 Å². The van der Waals surface area contributed by atoms with E-state index >= 15 is 0 Å². The fourth-order valence-corrected chi connectivity index (χ4v) is 3.64. The molecule has 3 atom stereocenters. The Morgan fingerprint density at radius 1 is 1.44 bits per heavy atom. The van der Waals surface area contributed by atoms with Crippen molar-refractivity contribution in [3.05, 3.63) is 18.7 Å². The molecule has 1 aromatic heterocycles. The van der Waals surface area contributed by atoms with Crippen LogP contribution in [0.1, 0.15) is 47.0 Å². The summed E-state index contributed by atoms with van der Waals surface area (Å²) in [5.41, 5.74) is 0.490. The van der Waals surface area contributed by atoms with Gasteiger partial charge < -0.3 is 9.88 Å². The van der Waals surface area contributed by atoms with Crippen LogP contribution in [0.3, 0.4) is 0 Å². The molecule has 0 aliphatic heterocycles. The van der Waals surface area contributed by atoms with Crippen LogP contribution in [0.15, 0.2) is 18.7 Å². The third-order valence-electron chi connectivity index (χ3n) is 3.95. The predicted molar refractivity (Wildman–Crippen MR) is 75.4 cm³/mol. The second-order valence-corrected chi connectivity index (χ2v) is 6.94. The molecule has 2 rings (SSSR count). The Balaban J connectivity index is 1.85. The first-order valence-corrected chi connectivity index (χ1v) is 7.16. The highest BCUT2D eigenvalue weighted by Crippen LogP contribution is 2.38. The zero-order valence-corrected chi connectivity index (χ0v) is 12.2. The number of rotatable bonds is 4. The topological polar surface area (TPSA) is 29.9 Å². The first-order chi connectivity index (χ1) is 8.44. The summed E-state index contributed by atoms with van der Waals surface area (Å²) in [7, 11) is 0. The SMILES string of the molecule is CC1CC(NC(C)Cn2ccnc2)CC(C)(C)C1. The summed E-state index contributed by atoms with van der Waals surface area (Å²) in [6, 6.07) is 1.17. The molecule has 1 saturated carbocycles. The van der Waals surface area contributed by atoms with E-state index < -0.39 is 0 Å². The molecule has 1 fully saturated rings. The van der Waals surface area contributed by atoms with Gasteiger partial charge in [0.15, 0.2) is 0 Å². The van der Waals surface area contributed by atoms with E-state index in [4.69, 9.17) is 0 Å². The predicted octanol–water partition coefficient (Wildman–Crippen LogP) is 3.08. The van der Waals surface area contributed by atoms with Crippen LogP contribution in [-0.2, 0) is 6.54 Å². The maximum absolute atomic E-state index is 4.09. The van der Waals surface area contributed by atoms with E-state index in [-0.39, 0.29) is 0 Å². The highest BCUT2D eigenvalue weighted by Gasteiger charge is 2.32. The zero-order chi connectivity index (χ0) is 13.2. The maximum Gasteiger partial charge on any atom is 0.0946 e. The van der Waals surface area contributed by atoms with E-state index in [2.05, 4.69) is 42.6 Å². The van der Waals surface area contributed by atoms with Gasteiger partial charge in [0.25, 0.3) is 0 Å². The van der Waals surface area contributed by atoms with Gasteiger partial charge in [-0.15, -0.1) is 0 Å². The summed E-state index contributed by atoms with van der Waals surface area (Å²) in [5, 5.41) is 3.79. The van der Waals surface area contributed by atoms with Crippen molar-refractivity contribution < 1.29 is 0 Å². The molecular weight excluding hydrogens is 222 g/mol. The minimum absolute atomic E-state index is 0.490. The summed E-state index contributed by atoms with van der Waals surface area (Å²) in [4.78, 5) is 4.09. The highest BCUT2D eigenvalue weighted by atomic mass is 15.1. The van der Waals surface area contributed by atoms with Crippen LogP contribution in [0.4, 0.5) is 0 Å². The summed E-state index contributed by atoms with van der Waals surface area (Å²) in [5.74, 6) is 0.840. The molecule has 0 spiro atoms. The molecule has 0 aromatic carbocycles. The number of aromatic nitrogens is 2. The molecule has 3 nitrogen and oxygen atoms in total. The normalized spacial score (nSPS) is 29.1. The second-order valence-electron chi connectivity index (χ2n) is 6.94. The lowest BCUT2D eigenvalue weighted by Crippen LogP contribution is -2.45. The number of imidazole rings is 1. The monoisotopic (exact) mass is 249 g/mol. The Morgan fingerprint density at radius 2 is 2.22 bits per heavy atom. The minimum Gasteiger partial charge on any atom is -0.336 e. The Labute approximate surface area is 111 Å². The first kappa shape index (κ1) is 13.6. The average Bonchev–Trinajstić information content (AvgIpc) is 2.66. The van der Waals surface area contributed by atoms with Crippen LogP contribution < -0.4 is 5.32 Å². The largest absolute Gasteiger partial charge is 0.336 e. The van der Waals surface area contributed by atoms with E-state index in [1.165, 1.54) is 19.3 Å². The number of hydrogen-bond donors (Lipinski definition) is 1. The van der Waals surface area contributed by atoms with Crippen molar-refractivity contribution in [2.24, 2.45) is 11.3 Å². The second kappa shape index (κ2) is 5.43. The van der Waals surface area contributed by atoms with Gasteiger partial charge in [-0.3, -0.25) is 0 Å². The van der Waals surface area contributed by atoms with Crippen molar-refractivity contribution in [1.82, 2.24) is 14.9 Å². The zero-order valence-electron chi connectivity index (χ0n) is 12.2. The smallest absolute Gasteiger partial charge is 0.0946 e. The van der Waals surface area contributed by atoms with Crippen molar-refractivity contribution in [3.63, 3.8) is 0 Å². The molecule has 1 heterocycles. The van der Waals surface area contributed by atoms with Gasteiger partial charge in [-0.2, -0.15) is 0 Å². The molecular formula is C15H27N3. The van der Waals surface area contributed by atoms with Crippen LogP contribution in [0.5, 0.6) is 0 Å². The lowest BCUT2D eigenvalue weighted by atomic mass is 9.70. The standard InChI is InChI=1S/C15H27N3/c1-12-7-14(9-15(3,4)8-12)17-13(2)10-18-6-5-16-11-18/h5-6,11-14,17H,7-10H2,1-4H3. The van der Waals surface area contributed by atoms with E-state index in [0.29, 0.717) is 17.5 Å². The fourth-order valence-electron chi connectivity index (χ4n) is 3.64. The summed E-state index contributed by atoms with van der Waals surface area (Å²) in [6.07, 6.45) is 9.75. The van der Waals surface area contributed by atoms with E-state index in [1.807, 2.05) is 18.7 Å². The summed E-state index contributed by atoms with van der Waals surface area (Å²) in [6.45, 7) is 10.5. The Bertz CT molecular complexity index is 356. The van der Waals surface area contributed by atoms with Gasteiger partial charge in [0.2, 0.25) is 0 Å². The molecule has 1 aliphatic carbocycles. The average molecular weight is 249 g/mol. The third kappa shape index (κ3) is 3.84. The molecule has 1 N–H and O–H groups in total. The van der Waals surface area contributed by atoms with E-state index in [0.717, 1.165) is 12.5 Å². The van der Waals surface area contributed by atoms with Crippen molar-refractivity contribution in [2.75, 3.05) is 0 Å². The Kier molecular flexibility index (Phi) is 4.10. The van der Waals surface area contributed by atoms with E-state index in [1.54, 1.807) is 0 Å². The molecule has 3 unspecified atom stereocenters. The summed E-state index contributed by atoms with van der Waals surface area (Å²) < 4.78 is 2.15. The lowest BCUT2D eigenvalue weighted by molar-refractivity contribution is 0.144. The van der Waals surface area contributed by atoms with Crippen molar-refractivity contribution in [3.8, 4) is 0 Å². The van der Waals surface area contributed by atoms with Crippen molar-refractivity contribution in [2.45, 2.75) is 65.6 Å². The van der Waals surface area contributed by atoms with E-state index in [9.17, 15) is 0 Å². The molecule has 0 amide bonds. The molecule has 0 saturated heterocycles.